The average molecular weight is 345 g/mol. The van der Waals surface area contributed by atoms with Crippen molar-refractivity contribution in [1.82, 2.24) is 14.7 Å². The Labute approximate surface area is 148 Å². The molecule has 0 unspecified atom stereocenters. The van der Waals surface area contributed by atoms with Crippen LogP contribution in [0, 0.1) is 5.82 Å². The minimum absolute atomic E-state index is 0.0260. The van der Waals surface area contributed by atoms with Gasteiger partial charge >= 0.3 is 0 Å². The third-order valence-corrected chi connectivity index (χ3v) is 4.16. The highest BCUT2D eigenvalue weighted by Gasteiger charge is 2.24. The first-order chi connectivity index (χ1) is 12.0. The van der Waals surface area contributed by atoms with Crippen LogP contribution in [0.3, 0.4) is 0 Å². The first-order valence-electron chi connectivity index (χ1n) is 8.32. The first kappa shape index (κ1) is 18.9. The molecule has 5 nitrogen and oxygen atoms in total. The third-order valence-electron chi connectivity index (χ3n) is 4.16. The van der Waals surface area contributed by atoms with Gasteiger partial charge in [-0.05, 0) is 24.3 Å². The molecule has 0 atom stereocenters. The highest BCUT2D eigenvalue weighted by atomic mass is 19.1. The van der Waals surface area contributed by atoms with E-state index in [1.54, 1.807) is 22.0 Å². The van der Waals surface area contributed by atoms with E-state index in [1.165, 1.54) is 24.3 Å². The van der Waals surface area contributed by atoms with E-state index in [9.17, 15) is 14.0 Å². The SMILES string of the molecule is C=CCN(CC=C)C(=O)CN1CCN(C(=O)c2ccc(F)cc2)CC1. The zero-order valence-electron chi connectivity index (χ0n) is 14.4. The first-order valence-corrected chi connectivity index (χ1v) is 8.32. The van der Waals surface area contributed by atoms with E-state index in [0.29, 0.717) is 51.4 Å². The van der Waals surface area contributed by atoms with E-state index in [-0.39, 0.29) is 17.6 Å². The molecule has 1 fully saturated rings. The van der Waals surface area contributed by atoms with Gasteiger partial charge in [-0.2, -0.15) is 0 Å². The second-order valence-corrected chi connectivity index (χ2v) is 5.95. The van der Waals surface area contributed by atoms with E-state index in [2.05, 4.69) is 13.2 Å². The molecule has 0 bridgehead atoms. The van der Waals surface area contributed by atoms with Gasteiger partial charge in [0.2, 0.25) is 5.91 Å². The molecule has 0 spiro atoms. The van der Waals surface area contributed by atoms with Crippen LogP contribution in [0.5, 0.6) is 0 Å². The van der Waals surface area contributed by atoms with Gasteiger partial charge in [0, 0.05) is 44.8 Å². The largest absolute Gasteiger partial charge is 0.336 e. The molecule has 25 heavy (non-hydrogen) atoms. The number of nitrogens with zero attached hydrogens (tertiary/aromatic N) is 3. The van der Waals surface area contributed by atoms with Gasteiger partial charge < -0.3 is 9.80 Å². The molecule has 1 aromatic rings. The summed E-state index contributed by atoms with van der Waals surface area (Å²) in [7, 11) is 0. The second kappa shape index (κ2) is 9.13. The van der Waals surface area contributed by atoms with Gasteiger partial charge in [0.05, 0.1) is 6.54 Å². The monoisotopic (exact) mass is 345 g/mol. The summed E-state index contributed by atoms with van der Waals surface area (Å²) in [6.45, 7) is 11.0. The fraction of sp³-hybridized carbons (Fsp3) is 0.368. The summed E-state index contributed by atoms with van der Waals surface area (Å²) in [5, 5.41) is 0. The zero-order valence-corrected chi connectivity index (χ0v) is 14.4. The van der Waals surface area contributed by atoms with Crippen molar-refractivity contribution < 1.29 is 14.0 Å². The van der Waals surface area contributed by atoms with E-state index >= 15 is 0 Å². The lowest BCUT2D eigenvalue weighted by molar-refractivity contribution is -0.131. The molecule has 0 saturated carbocycles. The Balaban J connectivity index is 1.85. The molecule has 6 heteroatoms. The summed E-state index contributed by atoms with van der Waals surface area (Å²) in [6, 6.07) is 5.57. The lowest BCUT2D eigenvalue weighted by Crippen LogP contribution is -2.51. The highest BCUT2D eigenvalue weighted by Crippen LogP contribution is 2.10. The van der Waals surface area contributed by atoms with Gasteiger partial charge in [0.25, 0.3) is 5.91 Å². The van der Waals surface area contributed by atoms with Crippen LogP contribution in [0.4, 0.5) is 4.39 Å². The Bertz CT molecular complexity index is 612. The maximum atomic E-state index is 13.0. The number of carbonyl (C=O) groups is 2. The predicted molar refractivity (Wildman–Crippen MR) is 95.7 cm³/mol. The van der Waals surface area contributed by atoms with Crippen molar-refractivity contribution >= 4 is 11.8 Å². The number of benzene rings is 1. The molecule has 1 heterocycles. The molecule has 1 aliphatic heterocycles. The van der Waals surface area contributed by atoms with Crippen molar-refractivity contribution in [2.75, 3.05) is 45.8 Å². The van der Waals surface area contributed by atoms with Gasteiger partial charge in [-0.15, -0.1) is 13.2 Å². The molecule has 0 radical (unpaired) electrons. The highest BCUT2D eigenvalue weighted by molar-refractivity contribution is 5.94. The van der Waals surface area contributed by atoms with Crippen LogP contribution < -0.4 is 0 Å². The summed E-state index contributed by atoms with van der Waals surface area (Å²) in [5.41, 5.74) is 0.481. The summed E-state index contributed by atoms with van der Waals surface area (Å²) >= 11 is 0. The molecule has 0 aromatic heterocycles. The number of hydrogen-bond donors (Lipinski definition) is 0. The van der Waals surface area contributed by atoms with E-state index in [4.69, 9.17) is 0 Å². The van der Waals surface area contributed by atoms with Crippen molar-refractivity contribution in [2.24, 2.45) is 0 Å². The molecule has 134 valence electrons. The Kier molecular flexibility index (Phi) is 6.89. The number of halogens is 1. The quantitative estimate of drug-likeness (QED) is 0.708. The van der Waals surface area contributed by atoms with Crippen molar-refractivity contribution in [1.29, 1.82) is 0 Å². The molecular formula is C19H24FN3O2. The number of hydrogen-bond acceptors (Lipinski definition) is 3. The van der Waals surface area contributed by atoms with Gasteiger partial charge in [-0.1, -0.05) is 12.2 Å². The molecule has 1 aliphatic rings. The van der Waals surface area contributed by atoms with E-state index < -0.39 is 0 Å². The maximum absolute atomic E-state index is 13.0. The Morgan fingerprint density at radius 2 is 1.60 bits per heavy atom. The molecule has 2 rings (SSSR count). The summed E-state index contributed by atoms with van der Waals surface area (Å²) in [5.74, 6) is -0.437. The summed E-state index contributed by atoms with van der Waals surface area (Å²) < 4.78 is 13.0. The lowest BCUT2D eigenvalue weighted by atomic mass is 10.2. The van der Waals surface area contributed by atoms with Crippen molar-refractivity contribution in [3.05, 3.63) is 61.0 Å². The molecule has 1 aromatic carbocycles. The normalized spacial score (nSPS) is 14.8. The van der Waals surface area contributed by atoms with E-state index in [0.717, 1.165) is 0 Å². The standard InChI is InChI=1S/C19H24FN3O2/c1-3-9-22(10-4-2)18(24)15-21-11-13-23(14-12-21)19(25)16-5-7-17(20)8-6-16/h3-8H,1-2,9-15H2. The van der Waals surface area contributed by atoms with Gasteiger partial charge in [0.1, 0.15) is 5.82 Å². The van der Waals surface area contributed by atoms with Crippen LogP contribution in [0.1, 0.15) is 10.4 Å². The van der Waals surface area contributed by atoms with Crippen LogP contribution in [0.25, 0.3) is 0 Å². The average Bonchev–Trinajstić information content (AvgIpc) is 2.62. The molecule has 1 saturated heterocycles. The summed E-state index contributed by atoms with van der Waals surface area (Å²) in [6.07, 6.45) is 3.39. The fourth-order valence-electron chi connectivity index (χ4n) is 2.77. The van der Waals surface area contributed by atoms with Gasteiger partial charge in [0.15, 0.2) is 0 Å². The summed E-state index contributed by atoms with van der Waals surface area (Å²) in [4.78, 5) is 30.2. The molecule has 2 amide bonds. The topological polar surface area (TPSA) is 43.9 Å². The number of carbonyl (C=O) groups excluding carboxylic acids is 2. The molecule has 0 aliphatic carbocycles. The van der Waals surface area contributed by atoms with Crippen molar-refractivity contribution in [2.45, 2.75) is 0 Å². The van der Waals surface area contributed by atoms with Crippen LogP contribution in [-0.2, 0) is 4.79 Å². The lowest BCUT2D eigenvalue weighted by Gasteiger charge is -2.35. The Morgan fingerprint density at radius 3 is 2.12 bits per heavy atom. The minimum Gasteiger partial charge on any atom is -0.336 e. The van der Waals surface area contributed by atoms with Crippen molar-refractivity contribution in [3.8, 4) is 0 Å². The maximum Gasteiger partial charge on any atom is 0.253 e. The Morgan fingerprint density at radius 1 is 1.04 bits per heavy atom. The van der Waals surface area contributed by atoms with E-state index in [1.807, 2.05) is 4.90 Å². The smallest absolute Gasteiger partial charge is 0.253 e. The van der Waals surface area contributed by atoms with Gasteiger partial charge in [-0.25, -0.2) is 4.39 Å². The number of amides is 2. The van der Waals surface area contributed by atoms with Crippen molar-refractivity contribution in [3.63, 3.8) is 0 Å². The van der Waals surface area contributed by atoms with Crippen LogP contribution in [0.2, 0.25) is 0 Å². The van der Waals surface area contributed by atoms with Crippen LogP contribution in [-0.4, -0.2) is 72.3 Å². The van der Waals surface area contributed by atoms with Crippen LogP contribution in [0.15, 0.2) is 49.6 Å². The third kappa shape index (κ3) is 5.26. The number of rotatable bonds is 7. The second-order valence-electron chi connectivity index (χ2n) is 5.95. The van der Waals surface area contributed by atoms with Gasteiger partial charge in [-0.3, -0.25) is 14.5 Å². The van der Waals surface area contributed by atoms with Crippen LogP contribution >= 0.6 is 0 Å². The Hall–Kier alpha value is -2.47. The number of piperazine rings is 1. The predicted octanol–water partition coefficient (Wildman–Crippen LogP) is 1.78. The molecular weight excluding hydrogens is 321 g/mol. The zero-order chi connectivity index (χ0) is 18.2. The minimum atomic E-state index is -0.358. The molecule has 0 N–H and O–H groups in total. The fourth-order valence-corrected chi connectivity index (χ4v) is 2.77.